The van der Waals surface area contributed by atoms with Gasteiger partial charge in [-0.3, -0.25) is 0 Å². The molecule has 0 saturated carbocycles. The third kappa shape index (κ3) is 1.44. The lowest BCUT2D eigenvalue weighted by molar-refractivity contribution is 0.0276. The molecule has 1 aliphatic carbocycles. The van der Waals surface area contributed by atoms with Crippen molar-refractivity contribution in [2.45, 2.75) is 31.5 Å². The molecule has 2 N–H and O–H groups in total. The van der Waals surface area contributed by atoms with Crippen LogP contribution in [-0.4, -0.2) is 22.4 Å². The van der Waals surface area contributed by atoms with E-state index in [0.29, 0.717) is 0 Å². The maximum atomic E-state index is 10.4. The zero-order valence-electron chi connectivity index (χ0n) is 11.2. The standard InChI is InChI=1S/C17H18O2/c1-11(18)17(12(2)19)15-9-5-3-7-13(15)14-8-4-6-10-16(14)17/h3-12,18-19H,1-2H3. The van der Waals surface area contributed by atoms with Gasteiger partial charge in [0.1, 0.15) is 0 Å². The van der Waals surface area contributed by atoms with Crippen LogP contribution in [0.3, 0.4) is 0 Å². The van der Waals surface area contributed by atoms with Crippen LogP contribution in [0.15, 0.2) is 48.5 Å². The van der Waals surface area contributed by atoms with Gasteiger partial charge < -0.3 is 10.2 Å². The monoisotopic (exact) mass is 254 g/mol. The molecule has 2 atom stereocenters. The summed E-state index contributed by atoms with van der Waals surface area (Å²) >= 11 is 0. The fraction of sp³-hybridized carbons (Fsp3) is 0.294. The molecule has 0 fully saturated rings. The van der Waals surface area contributed by atoms with Gasteiger partial charge in [-0.1, -0.05) is 48.5 Å². The fourth-order valence-electron chi connectivity index (χ4n) is 3.55. The van der Waals surface area contributed by atoms with E-state index in [0.717, 1.165) is 22.3 Å². The summed E-state index contributed by atoms with van der Waals surface area (Å²) in [5.74, 6) is 0. The first kappa shape index (κ1) is 12.4. The number of hydrogen-bond acceptors (Lipinski definition) is 2. The molecule has 2 heteroatoms. The van der Waals surface area contributed by atoms with Gasteiger partial charge in [0, 0.05) is 0 Å². The van der Waals surface area contributed by atoms with E-state index in [9.17, 15) is 10.2 Å². The number of rotatable bonds is 2. The van der Waals surface area contributed by atoms with Crippen molar-refractivity contribution in [2.24, 2.45) is 0 Å². The van der Waals surface area contributed by atoms with Gasteiger partial charge in [-0.2, -0.15) is 0 Å². The van der Waals surface area contributed by atoms with E-state index < -0.39 is 17.6 Å². The molecule has 19 heavy (non-hydrogen) atoms. The minimum absolute atomic E-state index is 0.655. The highest BCUT2D eigenvalue weighted by Crippen LogP contribution is 2.52. The Labute approximate surface area is 113 Å². The van der Waals surface area contributed by atoms with Crippen molar-refractivity contribution in [3.63, 3.8) is 0 Å². The topological polar surface area (TPSA) is 40.5 Å². The zero-order valence-corrected chi connectivity index (χ0v) is 11.2. The zero-order chi connectivity index (χ0) is 13.6. The second kappa shape index (κ2) is 4.19. The van der Waals surface area contributed by atoms with Crippen LogP contribution in [-0.2, 0) is 5.41 Å². The van der Waals surface area contributed by atoms with Crippen molar-refractivity contribution in [3.8, 4) is 11.1 Å². The van der Waals surface area contributed by atoms with Gasteiger partial charge in [0.25, 0.3) is 0 Å². The number of benzene rings is 2. The third-order valence-corrected chi connectivity index (χ3v) is 4.35. The Morgan fingerprint density at radius 1 is 0.737 bits per heavy atom. The first-order chi connectivity index (χ1) is 9.10. The maximum absolute atomic E-state index is 10.4. The second-order valence-electron chi connectivity index (χ2n) is 5.31. The molecule has 2 aromatic carbocycles. The Bertz CT molecular complexity index is 559. The fourth-order valence-corrected chi connectivity index (χ4v) is 3.55. The normalized spacial score (nSPS) is 18.5. The number of hydrogen-bond donors (Lipinski definition) is 2. The van der Waals surface area contributed by atoms with Crippen LogP contribution in [0.2, 0.25) is 0 Å². The molecule has 0 amide bonds. The highest BCUT2D eigenvalue weighted by molar-refractivity contribution is 5.81. The lowest BCUT2D eigenvalue weighted by Gasteiger charge is -2.37. The van der Waals surface area contributed by atoms with E-state index in [1.165, 1.54) is 0 Å². The Morgan fingerprint density at radius 3 is 1.47 bits per heavy atom. The van der Waals surface area contributed by atoms with E-state index in [1.54, 1.807) is 13.8 Å². The van der Waals surface area contributed by atoms with Crippen molar-refractivity contribution >= 4 is 0 Å². The Balaban J connectivity index is 2.42. The van der Waals surface area contributed by atoms with Gasteiger partial charge in [-0.15, -0.1) is 0 Å². The van der Waals surface area contributed by atoms with Gasteiger partial charge in [0.05, 0.1) is 17.6 Å². The van der Waals surface area contributed by atoms with E-state index >= 15 is 0 Å². The second-order valence-corrected chi connectivity index (χ2v) is 5.31. The largest absolute Gasteiger partial charge is 0.392 e. The first-order valence-electron chi connectivity index (χ1n) is 6.65. The van der Waals surface area contributed by atoms with Crippen LogP contribution in [0.1, 0.15) is 25.0 Å². The average Bonchev–Trinajstić information content (AvgIpc) is 2.70. The highest BCUT2D eigenvalue weighted by Gasteiger charge is 2.49. The van der Waals surface area contributed by atoms with Crippen LogP contribution in [0.25, 0.3) is 11.1 Å². The molecule has 2 unspecified atom stereocenters. The van der Waals surface area contributed by atoms with Gasteiger partial charge in [0.15, 0.2) is 0 Å². The summed E-state index contributed by atoms with van der Waals surface area (Å²) in [6.07, 6.45) is -1.31. The minimum Gasteiger partial charge on any atom is -0.392 e. The van der Waals surface area contributed by atoms with Crippen molar-refractivity contribution < 1.29 is 10.2 Å². The molecule has 2 aromatic rings. The predicted octanol–water partition coefficient (Wildman–Crippen LogP) is 2.71. The van der Waals surface area contributed by atoms with Crippen molar-refractivity contribution in [1.29, 1.82) is 0 Å². The lowest BCUT2D eigenvalue weighted by atomic mass is 9.70. The van der Waals surface area contributed by atoms with E-state index in [4.69, 9.17) is 0 Å². The van der Waals surface area contributed by atoms with Gasteiger partial charge in [-0.25, -0.2) is 0 Å². The molecule has 98 valence electrons. The average molecular weight is 254 g/mol. The first-order valence-corrected chi connectivity index (χ1v) is 6.65. The van der Waals surface area contributed by atoms with Crippen molar-refractivity contribution in [2.75, 3.05) is 0 Å². The van der Waals surface area contributed by atoms with E-state index in [-0.39, 0.29) is 0 Å². The molecular formula is C17H18O2. The predicted molar refractivity (Wildman–Crippen MR) is 76.0 cm³/mol. The quantitative estimate of drug-likeness (QED) is 0.865. The van der Waals surface area contributed by atoms with Gasteiger partial charge in [-0.05, 0) is 36.1 Å². The maximum Gasteiger partial charge on any atom is 0.0727 e. The molecule has 3 rings (SSSR count). The summed E-state index contributed by atoms with van der Waals surface area (Å²) in [6, 6.07) is 16.0. The summed E-state index contributed by atoms with van der Waals surface area (Å²) in [5, 5.41) is 20.8. The van der Waals surface area contributed by atoms with Crippen molar-refractivity contribution in [3.05, 3.63) is 59.7 Å². The lowest BCUT2D eigenvalue weighted by Crippen LogP contribution is -2.46. The van der Waals surface area contributed by atoms with Gasteiger partial charge >= 0.3 is 0 Å². The molecule has 0 heterocycles. The number of aliphatic hydroxyl groups excluding tert-OH is 2. The molecule has 2 nitrogen and oxygen atoms in total. The van der Waals surface area contributed by atoms with Crippen LogP contribution < -0.4 is 0 Å². The summed E-state index contributed by atoms with van der Waals surface area (Å²) < 4.78 is 0. The third-order valence-electron chi connectivity index (χ3n) is 4.35. The van der Waals surface area contributed by atoms with Crippen molar-refractivity contribution in [1.82, 2.24) is 0 Å². The number of fused-ring (bicyclic) bond motifs is 3. The van der Waals surface area contributed by atoms with E-state index in [1.807, 2.05) is 36.4 Å². The van der Waals surface area contributed by atoms with Crippen LogP contribution in [0.5, 0.6) is 0 Å². The minimum atomic E-state index is -0.729. The SMILES string of the molecule is CC(O)C1(C(C)O)c2ccccc2-c2ccccc21. The molecule has 0 aliphatic heterocycles. The molecular weight excluding hydrogens is 236 g/mol. The summed E-state index contributed by atoms with van der Waals surface area (Å²) in [7, 11) is 0. The highest BCUT2D eigenvalue weighted by atomic mass is 16.3. The van der Waals surface area contributed by atoms with Crippen LogP contribution in [0.4, 0.5) is 0 Å². The molecule has 0 spiro atoms. The molecule has 0 saturated heterocycles. The Morgan fingerprint density at radius 2 is 1.11 bits per heavy atom. The van der Waals surface area contributed by atoms with Crippen LogP contribution in [0, 0.1) is 0 Å². The van der Waals surface area contributed by atoms with E-state index in [2.05, 4.69) is 12.1 Å². The smallest absolute Gasteiger partial charge is 0.0727 e. The molecule has 0 bridgehead atoms. The summed E-state index contributed by atoms with van der Waals surface area (Å²) in [5.41, 5.74) is 3.52. The molecule has 0 aromatic heterocycles. The van der Waals surface area contributed by atoms with Gasteiger partial charge in [0.2, 0.25) is 0 Å². The Kier molecular flexibility index (Phi) is 2.73. The summed E-state index contributed by atoms with van der Waals surface area (Å²) in [6.45, 7) is 3.51. The molecule has 1 aliphatic rings. The summed E-state index contributed by atoms with van der Waals surface area (Å²) in [4.78, 5) is 0. The van der Waals surface area contributed by atoms with Crippen LogP contribution >= 0.6 is 0 Å². The molecule has 0 radical (unpaired) electrons. The number of aliphatic hydroxyl groups is 2. The Hall–Kier alpha value is -1.64.